The third-order valence-electron chi connectivity index (χ3n) is 7.97. The second-order valence-electron chi connectivity index (χ2n) is 12.8. The van der Waals surface area contributed by atoms with Gasteiger partial charge in [0, 0.05) is 0 Å². The van der Waals surface area contributed by atoms with Crippen molar-refractivity contribution in [3.63, 3.8) is 0 Å². The molecule has 2 aliphatic carbocycles. The summed E-state index contributed by atoms with van der Waals surface area (Å²) in [6.07, 6.45) is 32.7. The molecular weight excluding hydrogens is 500 g/mol. The maximum Gasteiger partial charge on any atom is 0.0585 e. The van der Waals surface area contributed by atoms with E-state index < -0.39 is 0 Å². The smallest absolute Gasteiger partial charge is 0.0585 e. The van der Waals surface area contributed by atoms with Gasteiger partial charge in [-0.15, -0.1) is 0 Å². The van der Waals surface area contributed by atoms with Crippen molar-refractivity contribution in [1.82, 2.24) is 0 Å². The predicted molar refractivity (Wildman–Crippen MR) is 180 cm³/mol. The van der Waals surface area contributed by atoms with Crippen LogP contribution in [0.1, 0.15) is 88.0 Å². The molecule has 0 aliphatic heterocycles. The Kier molecular flexibility index (Phi) is 13.8. The Bertz CT molecular complexity index is 1240. The zero-order valence-electron chi connectivity index (χ0n) is 27.0. The molecule has 1 unspecified atom stereocenters. The summed E-state index contributed by atoms with van der Waals surface area (Å²) in [6, 6.07) is 0. The van der Waals surface area contributed by atoms with E-state index in [0.29, 0.717) is 5.92 Å². The van der Waals surface area contributed by atoms with E-state index in [1.165, 1.54) is 44.6 Å². The molecule has 0 aromatic carbocycles. The Morgan fingerprint density at radius 2 is 1.12 bits per heavy atom. The SMILES string of the molecule is CC1=C(/C=C/C(C)=C/C=C/C(C)=C/C=C/C=C(C)/C=C/C=C(C)/C=C/C2=C(C)C[C@@H](O)CC2(C)C)C(C)C[C@H](O)C1. The van der Waals surface area contributed by atoms with Gasteiger partial charge in [0.15, 0.2) is 0 Å². The van der Waals surface area contributed by atoms with E-state index in [-0.39, 0.29) is 17.6 Å². The topological polar surface area (TPSA) is 40.5 Å². The molecule has 3 atom stereocenters. The van der Waals surface area contributed by atoms with E-state index in [0.717, 1.165) is 25.7 Å². The van der Waals surface area contributed by atoms with Crippen LogP contribution in [0.3, 0.4) is 0 Å². The van der Waals surface area contributed by atoms with Crippen LogP contribution in [0.5, 0.6) is 0 Å². The van der Waals surface area contributed by atoms with Crippen LogP contribution in [0.15, 0.2) is 130 Å². The van der Waals surface area contributed by atoms with Gasteiger partial charge >= 0.3 is 0 Å². The molecule has 0 spiro atoms. The molecule has 0 fully saturated rings. The highest BCUT2D eigenvalue weighted by Gasteiger charge is 2.31. The van der Waals surface area contributed by atoms with Crippen molar-refractivity contribution in [3.05, 3.63) is 130 Å². The van der Waals surface area contributed by atoms with Crippen LogP contribution < -0.4 is 0 Å². The summed E-state index contributed by atoms with van der Waals surface area (Å²) >= 11 is 0. The van der Waals surface area contributed by atoms with Crippen molar-refractivity contribution >= 4 is 0 Å². The first-order valence-corrected chi connectivity index (χ1v) is 15.1. The lowest BCUT2D eigenvalue weighted by Crippen LogP contribution is -2.28. The maximum absolute atomic E-state index is 10.1. The molecule has 0 radical (unpaired) electrons. The number of hydrogen-bond acceptors (Lipinski definition) is 2. The minimum absolute atomic E-state index is 0.00671. The summed E-state index contributed by atoms with van der Waals surface area (Å²) in [5, 5.41) is 20.0. The van der Waals surface area contributed by atoms with Crippen LogP contribution in [-0.4, -0.2) is 22.4 Å². The van der Waals surface area contributed by atoms with E-state index in [2.05, 4.69) is 147 Å². The van der Waals surface area contributed by atoms with Crippen LogP contribution in [-0.2, 0) is 0 Å². The average Bonchev–Trinajstić information content (AvgIpc) is 2.84. The highest BCUT2D eigenvalue weighted by Crippen LogP contribution is 2.41. The standard InChI is InChI=1S/C39H54O2/c1-28(16-12-18-30(3)20-22-37-32(5)24-35(40)25-33(37)6)14-10-11-15-29(2)17-13-19-31(4)21-23-38-34(7)26-36(41)27-39(38,8)9/h10-23,32,35-36,40-41H,24-27H2,1-9H3/b11-10+,16-12+,17-13+,22-20+,23-21+,28-14+,29-15+,30-18+,31-19+/t32?,35-,36+/m0/s1. The summed E-state index contributed by atoms with van der Waals surface area (Å²) in [4.78, 5) is 0. The number of aliphatic hydroxyl groups excluding tert-OH is 2. The van der Waals surface area contributed by atoms with Gasteiger partial charge in [0.2, 0.25) is 0 Å². The first kappa shape index (κ1) is 34.3. The summed E-state index contributed by atoms with van der Waals surface area (Å²) in [5.41, 5.74) is 10.1. The van der Waals surface area contributed by atoms with Crippen molar-refractivity contribution in [2.75, 3.05) is 0 Å². The van der Waals surface area contributed by atoms with Crippen molar-refractivity contribution in [2.45, 2.75) is 100 Å². The number of allylic oxidation sites excluding steroid dienone is 20. The third-order valence-corrected chi connectivity index (χ3v) is 7.97. The minimum Gasteiger partial charge on any atom is -0.393 e. The Hall–Kier alpha value is -2.94. The van der Waals surface area contributed by atoms with Gasteiger partial charge in [-0.3, -0.25) is 0 Å². The fourth-order valence-electron chi connectivity index (χ4n) is 5.77. The Labute approximate surface area is 251 Å². The molecule has 0 aromatic heterocycles. The molecule has 0 saturated carbocycles. The van der Waals surface area contributed by atoms with Gasteiger partial charge in [-0.2, -0.15) is 0 Å². The molecular formula is C39H54O2. The van der Waals surface area contributed by atoms with Crippen LogP contribution in [0.4, 0.5) is 0 Å². The largest absolute Gasteiger partial charge is 0.393 e. The first-order valence-electron chi connectivity index (χ1n) is 15.1. The Balaban J connectivity index is 1.88. The normalized spacial score (nSPS) is 25.9. The highest BCUT2D eigenvalue weighted by atomic mass is 16.3. The second-order valence-corrected chi connectivity index (χ2v) is 12.8. The summed E-state index contributed by atoms with van der Waals surface area (Å²) in [7, 11) is 0. The average molecular weight is 555 g/mol. The monoisotopic (exact) mass is 554 g/mol. The van der Waals surface area contributed by atoms with Gasteiger partial charge in [0.05, 0.1) is 12.2 Å². The molecule has 41 heavy (non-hydrogen) atoms. The van der Waals surface area contributed by atoms with E-state index in [1.54, 1.807) is 0 Å². The third kappa shape index (κ3) is 12.2. The Morgan fingerprint density at radius 1 is 0.659 bits per heavy atom. The second kappa shape index (κ2) is 16.5. The van der Waals surface area contributed by atoms with Gasteiger partial charge in [-0.1, -0.05) is 139 Å². The molecule has 0 amide bonds. The highest BCUT2D eigenvalue weighted by molar-refractivity contribution is 5.38. The lowest BCUT2D eigenvalue weighted by Gasteiger charge is -2.35. The molecule has 2 nitrogen and oxygen atoms in total. The maximum atomic E-state index is 10.1. The lowest BCUT2D eigenvalue weighted by molar-refractivity contribution is 0.116. The van der Waals surface area contributed by atoms with Gasteiger partial charge in [-0.05, 0) is 89.7 Å². The Morgan fingerprint density at radius 3 is 1.63 bits per heavy atom. The van der Waals surface area contributed by atoms with Gasteiger partial charge in [-0.25, -0.2) is 0 Å². The van der Waals surface area contributed by atoms with E-state index in [1.807, 2.05) is 0 Å². The molecule has 0 bridgehead atoms. The number of rotatable bonds is 10. The predicted octanol–water partition coefficient (Wildman–Crippen LogP) is 10.2. The fourth-order valence-corrected chi connectivity index (χ4v) is 5.77. The van der Waals surface area contributed by atoms with Crippen LogP contribution in [0.25, 0.3) is 0 Å². The molecule has 0 aromatic rings. The molecule has 2 rings (SSSR count). The lowest BCUT2D eigenvalue weighted by atomic mass is 9.71. The van der Waals surface area contributed by atoms with Gasteiger partial charge in [0.1, 0.15) is 0 Å². The van der Waals surface area contributed by atoms with Crippen LogP contribution in [0.2, 0.25) is 0 Å². The minimum atomic E-state index is -0.226. The van der Waals surface area contributed by atoms with E-state index in [4.69, 9.17) is 0 Å². The number of aliphatic hydroxyl groups is 2. The molecule has 0 heterocycles. The quantitative estimate of drug-likeness (QED) is 0.264. The van der Waals surface area contributed by atoms with Crippen LogP contribution >= 0.6 is 0 Å². The van der Waals surface area contributed by atoms with Crippen molar-refractivity contribution < 1.29 is 10.2 Å². The molecule has 2 heteroatoms. The zero-order valence-corrected chi connectivity index (χ0v) is 27.0. The molecule has 2 aliphatic rings. The molecule has 0 saturated heterocycles. The summed E-state index contributed by atoms with van der Waals surface area (Å²) in [6.45, 7) is 19.4. The zero-order chi connectivity index (χ0) is 30.6. The molecule has 222 valence electrons. The summed E-state index contributed by atoms with van der Waals surface area (Å²) < 4.78 is 0. The van der Waals surface area contributed by atoms with E-state index in [9.17, 15) is 10.2 Å². The van der Waals surface area contributed by atoms with E-state index >= 15 is 0 Å². The summed E-state index contributed by atoms with van der Waals surface area (Å²) in [5.74, 6) is 0.407. The van der Waals surface area contributed by atoms with Gasteiger partial charge in [0.25, 0.3) is 0 Å². The first-order chi connectivity index (χ1) is 19.3. The van der Waals surface area contributed by atoms with Crippen molar-refractivity contribution in [1.29, 1.82) is 0 Å². The van der Waals surface area contributed by atoms with Gasteiger partial charge < -0.3 is 10.2 Å². The fraction of sp³-hybridized carbons (Fsp3) is 0.436. The number of hydrogen-bond donors (Lipinski definition) is 2. The molecule has 2 N–H and O–H groups in total. The van der Waals surface area contributed by atoms with Crippen molar-refractivity contribution in [2.24, 2.45) is 11.3 Å². The van der Waals surface area contributed by atoms with Crippen molar-refractivity contribution in [3.8, 4) is 0 Å². The van der Waals surface area contributed by atoms with Crippen LogP contribution in [0, 0.1) is 11.3 Å².